The standard InChI is InChI=1S/C12H11FN2/c1-9-5-2-3-6-10(9)14-12-8-4-7-11(13)15-12/h2-8H,1H3,(H,14,15). The minimum atomic E-state index is -0.478. The van der Waals surface area contributed by atoms with Crippen LogP contribution in [0.15, 0.2) is 42.5 Å². The Kier molecular flexibility index (Phi) is 2.63. The van der Waals surface area contributed by atoms with Crippen LogP contribution in [0.25, 0.3) is 0 Å². The Labute approximate surface area is 87.8 Å². The molecule has 2 nitrogen and oxygen atoms in total. The van der Waals surface area contributed by atoms with Crippen molar-refractivity contribution < 1.29 is 4.39 Å². The van der Waals surface area contributed by atoms with E-state index in [1.165, 1.54) is 6.07 Å². The van der Waals surface area contributed by atoms with Crippen molar-refractivity contribution in [1.82, 2.24) is 4.98 Å². The number of hydrogen-bond donors (Lipinski definition) is 1. The lowest BCUT2D eigenvalue weighted by atomic mass is 10.2. The molecule has 0 bridgehead atoms. The summed E-state index contributed by atoms with van der Waals surface area (Å²) in [5.41, 5.74) is 2.04. The molecule has 3 heteroatoms. The molecule has 15 heavy (non-hydrogen) atoms. The zero-order chi connectivity index (χ0) is 10.7. The van der Waals surface area contributed by atoms with Crippen molar-refractivity contribution in [3.05, 3.63) is 54.0 Å². The molecule has 0 aliphatic heterocycles. The van der Waals surface area contributed by atoms with E-state index >= 15 is 0 Å². The molecule has 0 spiro atoms. The van der Waals surface area contributed by atoms with E-state index in [1.807, 2.05) is 31.2 Å². The predicted octanol–water partition coefficient (Wildman–Crippen LogP) is 3.27. The fraction of sp³-hybridized carbons (Fsp3) is 0.0833. The smallest absolute Gasteiger partial charge is 0.214 e. The second kappa shape index (κ2) is 4.09. The van der Waals surface area contributed by atoms with Gasteiger partial charge in [0, 0.05) is 5.69 Å². The number of nitrogens with zero attached hydrogens (tertiary/aromatic N) is 1. The maximum atomic E-state index is 12.8. The summed E-state index contributed by atoms with van der Waals surface area (Å²) in [6, 6.07) is 12.5. The first-order valence-electron chi connectivity index (χ1n) is 4.71. The summed E-state index contributed by atoms with van der Waals surface area (Å²) in [6.45, 7) is 1.99. The maximum Gasteiger partial charge on any atom is 0.214 e. The monoisotopic (exact) mass is 202 g/mol. The van der Waals surface area contributed by atoms with E-state index in [-0.39, 0.29) is 0 Å². The lowest BCUT2D eigenvalue weighted by Crippen LogP contribution is -1.96. The normalized spacial score (nSPS) is 10.0. The van der Waals surface area contributed by atoms with Gasteiger partial charge in [-0.3, -0.25) is 0 Å². The highest BCUT2D eigenvalue weighted by atomic mass is 19.1. The Morgan fingerprint density at radius 3 is 2.60 bits per heavy atom. The SMILES string of the molecule is Cc1ccccc1Nc1cccc(F)n1. The number of hydrogen-bond acceptors (Lipinski definition) is 2. The molecule has 0 amide bonds. The third kappa shape index (κ3) is 2.31. The molecule has 1 N–H and O–H groups in total. The molecule has 1 heterocycles. The molecular weight excluding hydrogens is 191 g/mol. The highest BCUT2D eigenvalue weighted by Crippen LogP contribution is 2.18. The van der Waals surface area contributed by atoms with Crippen molar-refractivity contribution in [3.63, 3.8) is 0 Å². The van der Waals surface area contributed by atoms with Crippen LogP contribution in [0.4, 0.5) is 15.9 Å². The van der Waals surface area contributed by atoms with Gasteiger partial charge in [-0.25, -0.2) is 4.98 Å². The van der Waals surface area contributed by atoms with Crippen molar-refractivity contribution >= 4 is 11.5 Å². The number of rotatable bonds is 2. The lowest BCUT2D eigenvalue weighted by molar-refractivity contribution is 0.585. The van der Waals surface area contributed by atoms with Crippen LogP contribution in [0.1, 0.15) is 5.56 Å². The molecule has 1 aromatic heterocycles. The minimum Gasteiger partial charge on any atom is -0.340 e. The molecule has 1 aromatic carbocycles. The fourth-order valence-electron chi connectivity index (χ4n) is 1.33. The van der Waals surface area contributed by atoms with Crippen molar-refractivity contribution in [2.75, 3.05) is 5.32 Å². The lowest BCUT2D eigenvalue weighted by Gasteiger charge is -2.07. The van der Waals surface area contributed by atoms with Gasteiger partial charge in [-0.1, -0.05) is 24.3 Å². The van der Waals surface area contributed by atoms with Crippen LogP contribution in [0.3, 0.4) is 0 Å². The van der Waals surface area contributed by atoms with Gasteiger partial charge in [0.05, 0.1) is 0 Å². The Morgan fingerprint density at radius 2 is 1.87 bits per heavy atom. The van der Waals surface area contributed by atoms with Gasteiger partial charge in [0.2, 0.25) is 5.95 Å². The number of para-hydroxylation sites is 1. The molecule has 0 aliphatic rings. The van der Waals surface area contributed by atoms with Gasteiger partial charge in [-0.15, -0.1) is 0 Å². The van der Waals surface area contributed by atoms with Crippen LogP contribution in [0.5, 0.6) is 0 Å². The van der Waals surface area contributed by atoms with Crippen LogP contribution in [0.2, 0.25) is 0 Å². The van der Waals surface area contributed by atoms with E-state index in [4.69, 9.17) is 0 Å². The van der Waals surface area contributed by atoms with Crippen LogP contribution in [0, 0.1) is 12.9 Å². The van der Waals surface area contributed by atoms with E-state index in [2.05, 4.69) is 10.3 Å². The van der Waals surface area contributed by atoms with Gasteiger partial charge in [0.15, 0.2) is 0 Å². The molecule has 2 rings (SSSR count). The van der Waals surface area contributed by atoms with E-state index in [0.717, 1.165) is 11.3 Å². The number of benzene rings is 1. The first-order chi connectivity index (χ1) is 7.25. The molecule has 0 saturated heterocycles. The molecular formula is C12H11FN2. The van der Waals surface area contributed by atoms with Gasteiger partial charge in [-0.2, -0.15) is 4.39 Å². The van der Waals surface area contributed by atoms with Gasteiger partial charge in [-0.05, 0) is 30.7 Å². The minimum absolute atomic E-state index is 0.478. The van der Waals surface area contributed by atoms with Crippen molar-refractivity contribution in [1.29, 1.82) is 0 Å². The quantitative estimate of drug-likeness (QED) is 0.756. The summed E-state index contributed by atoms with van der Waals surface area (Å²) >= 11 is 0. The average Bonchev–Trinajstić information content (AvgIpc) is 2.22. The van der Waals surface area contributed by atoms with Gasteiger partial charge < -0.3 is 5.32 Å². The highest BCUT2D eigenvalue weighted by molar-refractivity contribution is 5.59. The zero-order valence-electron chi connectivity index (χ0n) is 8.37. The Balaban J connectivity index is 2.26. The summed E-state index contributed by atoms with van der Waals surface area (Å²) in [5, 5.41) is 3.06. The number of halogens is 1. The number of aromatic nitrogens is 1. The molecule has 0 fully saturated rings. The molecule has 0 radical (unpaired) electrons. The highest BCUT2D eigenvalue weighted by Gasteiger charge is 1.99. The zero-order valence-corrected chi connectivity index (χ0v) is 8.37. The first-order valence-corrected chi connectivity index (χ1v) is 4.71. The maximum absolute atomic E-state index is 12.8. The van der Waals surface area contributed by atoms with Crippen LogP contribution in [-0.2, 0) is 0 Å². The van der Waals surface area contributed by atoms with E-state index in [1.54, 1.807) is 12.1 Å². The molecule has 0 atom stereocenters. The third-order valence-corrected chi connectivity index (χ3v) is 2.12. The Morgan fingerprint density at radius 1 is 1.07 bits per heavy atom. The number of nitrogens with one attached hydrogen (secondary N) is 1. The first kappa shape index (κ1) is 9.65. The van der Waals surface area contributed by atoms with Crippen LogP contribution >= 0.6 is 0 Å². The third-order valence-electron chi connectivity index (χ3n) is 2.12. The summed E-state index contributed by atoms with van der Waals surface area (Å²) in [6.07, 6.45) is 0. The van der Waals surface area contributed by atoms with Crippen LogP contribution < -0.4 is 5.32 Å². The fourth-order valence-corrected chi connectivity index (χ4v) is 1.33. The summed E-state index contributed by atoms with van der Waals surface area (Å²) in [5.74, 6) is 0.0397. The second-order valence-corrected chi connectivity index (χ2v) is 3.29. The summed E-state index contributed by atoms with van der Waals surface area (Å²) < 4.78 is 12.8. The van der Waals surface area contributed by atoms with Gasteiger partial charge in [0.25, 0.3) is 0 Å². The van der Waals surface area contributed by atoms with E-state index in [9.17, 15) is 4.39 Å². The Bertz CT molecular complexity index is 469. The van der Waals surface area contributed by atoms with Crippen LogP contribution in [-0.4, -0.2) is 4.98 Å². The largest absolute Gasteiger partial charge is 0.340 e. The van der Waals surface area contributed by atoms with Gasteiger partial charge in [0.1, 0.15) is 5.82 Å². The number of pyridine rings is 1. The summed E-state index contributed by atoms with van der Waals surface area (Å²) in [7, 11) is 0. The number of anilines is 2. The summed E-state index contributed by atoms with van der Waals surface area (Å²) in [4.78, 5) is 3.73. The van der Waals surface area contributed by atoms with Gasteiger partial charge >= 0.3 is 0 Å². The van der Waals surface area contributed by atoms with Crippen molar-refractivity contribution in [2.24, 2.45) is 0 Å². The predicted molar refractivity (Wildman–Crippen MR) is 58.7 cm³/mol. The topological polar surface area (TPSA) is 24.9 Å². The Hall–Kier alpha value is -1.90. The number of aryl methyl sites for hydroxylation is 1. The molecule has 0 aliphatic carbocycles. The average molecular weight is 202 g/mol. The molecule has 76 valence electrons. The van der Waals surface area contributed by atoms with E-state index in [0.29, 0.717) is 5.82 Å². The van der Waals surface area contributed by atoms with Crippen molar-refractivity contribution in [2.45, 2.75) is 6.92 Å². The van der Waals surface area contributed by atoms with Crippen molar-refractivity contribution in [3.8, 4) is 0 Å². The second-order valence-electron chi connectivity index (χ2n) is 3.29. The molecule has 0 saturated carbocycles. The van der Waals surface area contributed by atoms with E-state index < -0.39 is 5.95 Å². The molecule has 0 unspecified atom stereocenters. The molecule has 2 aromatic rings.